The van der Waals surface area contributed by atoms with Gasteiger partial charge in [-0.3, -0.25) is 0 Å². The van der Waals surface area contributed by atoms with Crippen LogP contribution in [0.2, 0.25) is 0 Å². The van der Waals surface area contributed by atoms with E-state index >= 15 is 0 Å². The minimum absolute atomic E-state index is 0. The second-order valence-corrected chi connectivity index (χ2v) is 8.66. The zero-order valence-corrected chi connectivity index (χ0v) is 19.9. The smallest absolute Gasteiger partial charge is 0.748 e. The topological polar surface area (TPSA) is 66.4 Å². The average Bonchev–Trinajstić information content (AvgIpc) is 2.46. The molecule has 0 fully saturated rings. The Balaban J connectivity index is 0. The fourth-order valence-electron chi connectivity index (χ4n) is 3.02. The third-order valence-corrected chi connectivity index (χ3v) is 5.01. The summed E-state index contributed by atoms with van der Waals surface area (Å²) in [5, 5.41) is 0. The van der Waals surface area contributed by atoms with Crippen LogP contribution < -0.4 is 29.6 Å². The Kier molecular flexibility index (Phi) is 20.5. The molecule has 0 aromatic rings. The Hall–Kier alpha value is 0.870. The number of ether oxygens (including phenoxy) is 1. The van der Waals surface area contributed by atoms with Gasteiger partial charge in [-0.05, 0) is 20.3 Å². The predicted molar refractivity (Wildman–Crippen MR) is 100 cm³/mol. The first-order chi connectivity index (χ1) is 11.3. The maximum absolute atomic E-state index is 10.9. The van der Waals surface area contributed by atoms with Crippen molar-refractivity contribution in [2.45, 2.75) is 116 Å². The number of hydrogen-bond acceptors (Lipinski definition) is 4. The van der Waals surface area contributed by atoms with Gasteiger partial charge < -0.3 is 9.29 Å². The van der Waals surface area contributed by atoms with Crippen LogP contribution in [0.4, 0.5) is 0 Å². The second-order valence-electron chi connectivity index (χ2n) is 7.21. The van der Waals surface area contributed by atoms with Crippen molar-refractivity contribution < 1.29 is 47.3 Å². The fourth-order valence-corrected chi connectivity index (χ4v) is 3.72. The molecule has 0 radical (unpaired) electrons. The van der Waals surface area contributed by atoms with Gasteiger partial charge in [-0.2, -0.15) is 0 Å². The van der Waals surface area contributed by atoms with Crippen molar-refractivity contribution in [2.24, 2.45) is 0 Å². The summed E-state index contributed by atoms with van der Waals surface area (Å²) in [5.41, 5.74) is 0. The van der Waals surface area contributed by atoms with E-state index in [1.54, 1.807) is 0 Å². The Morgan fingerprint density at radius 2 is 1.20 bits per heavy atom. The predicted octanol–water partition coefficient (Wildman–Crippen LogP) is 2.42. The van der Waals surface area contributed by atoms with Gasteiger partial charge in [0.05, 0.1) is 28.1 Å². The Morgan fingerprint density at radius 3 is 1.56 bits per heavy atom. The summed E-state index contributed by atoms with van der Waals surface area (Å²) in [7, 11) is -4.21. The van der Waals surface area contributed by atoms with Gasteiger partial charge >= 0.3 is 29.6 Å². The van der Waals surface area contributed by atoms with Gasteiger partial charge in [0.2, 0.25) is 0 Å². The molecule has 0 aliphatic rings. The Labute approximate surface area is 178 Å². The molecule has 0 spiro atoms. The SMILES string of the molecule is CCCCCCCCCCCCCCC(CS(=O)(=O)[O-])OC(C)C.[Na+]. The van der Waals surface area contributed by atoms with Crippen molar-refractivity contribution in [3.63, 3.8) is 0 Å². The zero-order valence-electron chi connectivity index (χ0n) is 17.1. The van der Waals surface area contributed by atoms with E-state index in [0.717, 1.165) is 12.8 Å². The summed E-state index contributed by atoms with van der Waals surface area (Å²) in [6.45, 7) is 5.98. The maximum Gasteiger partial charge on any atom is 1.00 e. The minimum Gasteiger partial charge on any atom is -0.748 e. The van der Waals surface area contributed by atoms with Crippen molar-refractivity contribution in [1.82, 2.24) is 0 Å². The molecule has 0 saturated heterocycles. The first-order valence-corrected chi connectivity index (χ1v) is 11.5. The molecule has 0 bridgehead atoms. The molecule has 0 saturated carbocycles. The van der Waals surface area contributed by atoms with Crippen molar-refractivity contribution in [3.05, 3.63) is 0 Å². The van der Waals surface area contributed by atoms with E-state index in [2.05, 4.69) is 6.92 Å². The van der Waals surface area contributed by atoms with E-state index in [-0.39, 0.29) is 35.7 Å². The summed E-state index contributed by atoms with van der Waals surface area (Å²) in [4.78, 5) is 0. The Bertz CT molecular complexity index is 372. The van der Waals surface area contributed by atoms with Gasteiger partial charge in [0, 0.05) is 0 Å². The van der Waals surface area contributed by atoms with E-state index in [0.29, 0.717) is 6.42 Å². The van der Waals surface area contributed by atoms with Crippen molar-refractivity contribution in [1.29, 1.82) is 0 Å². The maximum atomic E-state index is 10.9. The van der Waals surface area contributed by atoms with Gasteiger partial charge in [0.1, 0.15) is 0 Å². The normalized spacial score (nSPS) is 13.0. The van der Waals surface area contributed by atoms with Crippen LogP contribution in [0.3, 0.4) is 0 Å². The van der Waals surface area contributed by atoms with Gasteiger partial charge in [-0.15, -0.1) is 0 Å². The molecule has 0 aromatic carbocycles. The van der Waals surface area contributed by atoms with Crippen molar-refractivity contribution in [3.8, 4) is 0 Å². The van der Waals surface area contributed by atoms with Gasteiger partial charge in [-0.25, -0.2) is 8.42 Å². The molecule has 0 amide bonds. The first kappa shape index (κ1) is 28.1. The molecule has 0 aliphatic heterocycles. The van der Waals surface area contributed by atoms with Gasteiger partial charge in [0.25, 0.3) is 0 Å². The molecule has 0 heterocycles. The van der Waals surface area contributed by atoms with Gasteiger partial charge in [0.15, 0.2) is 0 Å². The molecule has 1 atom stereocenters. The fraction of sp³-hybridized carbons (Fsp3) is 1.00. The van der Waals surface area contributed by atoms with Crippen LogP contribution in [-0.2, 0) is 14.9 Å². The number of rotatable bonds is 17. The van der Waals surface area contributed by atoms with Crippen molar-refractivity contribution >= 4 is 10.1 Å². The molecule has 0 N–H and O–H groups in total. The molecule has 4 nitrogen and oxygen atoms in total. The second kappa shape index (κ2) is 18.2. The van der Waals surface area contributed by atoms with Crippen LogP contribution in [0.15, 0.2) is 0 Å². The summed E-state index contributed by atoms with van der Waals surface area (Å²) in [6.07, 6.45) is 15.4. The van der Waals surface area contributed by atoms with E-state index in [9.17, 15) is 13.0 Å². The molecule has 0 aromatic heterocycles. The van der Waals surface area contributed by atoms with E-state index in [1.807, 2.05) is 13.8 Å². The zero-order chi connectivity index (χ0) is 18.3. The van der Waals surface area contributed by atoms with Crippen molar-refractivity contribution in [2.75, 3.05) is 5.75 Å². The molecule has 146 valence electrons. The largest absolute Gasteiger partial charge is 1.00 e. The summed E-state index contributed by atoms with van der Waals surface area (Å²) in [6, 6.07) is 0. The van der Waals surface area contributed by atoms with Crippen LogP contribution in [0.1, 0.15) is 104 Å². The average molecular weight is 387 g/mol. The summed E-state index contributed by atoms with van der Waals surface area (Å²) in [5.74, 6) is -0.400. The third kappa shape index (κ3) is 22.8. The quantitative estimate of drug-likeness (QED) is 0.219. The van der Waals surface area contributed by atoms with E-state index < -0.39 is 22.0 Å². The standard InChI is InChI=1S/C19H40O4S.Na/c1-4-5-6-7-8-9-10-11-12-13-14-15-16-19(23-18(2)3)17-24(20,21)22;/h18-19H,4-17H2,1-3H3,(H,20,21,22);/q;+1/p-1. The number of hydrogen-bond donors (Lipinski definition) is 0. The van der Waals surface area contributed by atoms with Gasteiger partial charge in [-0.1, -0.05) is 84.0 Å². The number of unbranched alkanes of at least 4 members (excludes halogenated alkanes) is 11. The third-order valence-electron chi connectivity index (χ3n) is 4.23. The summed E-state index contributed by atoms with van der Waals surface area (Å²) >= 11 is 0. The van der Waals surface area contributed by atoms with Crippen LogP contribution >= 0.6 is 0 Å². The molecule has 0 rings (SSSR count). The molecule has 6 heteroatoms. The molecule has 25 heavy (non-hydrogen) atoms. The molecular weight excluding hydrogens is 347 g/mol. The minimum atomic E-state index is -4.21. The van der Waals surface area contributed by atoms with Crippen LogP contribution in [0, 0.1) is 0 Å². The molecule has 1 unspecified atom stereocenters. The monoisotopic (exact) mass is 386 g/mol. The van der Waals surface area contributed by atoms with E-state index in [1.165, 1.54) is 64.2 Å². The van der Waals surface area contributed by atoms with E-state index in [4.69, 9.17) is 4.74 Å². The molecular formula is C19H39NaO4S. The van der Waals surface area contributed by atoms with Crippen LogP contribution in [0.5, 0.6) is 0 Å². The van der Waals surface area contributed by atoms with Crippen LogP contribution in [-0.4, -0.2) is 30.9 Å². The molecule has 0 aliphatic carbocycles. The first-order valence-electron chi connectivity index (χ1n) is 9.94. The summed E-state index contributed by atoms with van der Waals surface area (Å²) < 4.78 is 38.3. The Morgan fingerprint density at radius 1 is 0.800 bits per heavy atom. The van der Waals surface area contributed by atoms with Crippen LogP contribution in [0.25, 0.3) is 0 Å².